The Kier molecular flexibility index (Phi) is 2.70. The molecule has 0 atom stereocenters. The second kappa shape index (κ2) is 4.16. The summed E-state index contributed by atoms with van der Waals surface area (Å²) in [6.07, 6.45) is 1.72. The third-order valence-corrected chi connectivity index (χ3v) is 2.24. The second-order valence-corrected chi connectivity index (χ2v) is 3.21. The van der Waals surface area contributed by atoms with Crippen molar-refractivity contribution in [1.29, 1.82) is 0 Å². The van der Waals surface area contributed by atoms with Gasteiger partial charge in [0.05, 0.1) is 7.11 Å². The number of amides is 1. The van der Waals surface area contributed by atoms with Crippen molar-refractivity contribution in [3.8, 4) is 0 Å². The van der Waals surface area contributed by atoms with Crippen molar-refractivity contribution < 1.29 is 14.4 Å². The number of fused-ring (bicyclic) bond motifs is 1. The number of benzene rings is 1. The van der Waals surface area contributed by atoms with E-state index >= 15 is 0 Å². The molecule has 2 rings (SSSR count). The molecule has 2 aromatic rings. The molecule has 1 aromatic carbocycles. The molecule has 0 aliphatic carbocycles. The fourth-order valence-corrected chi connectivity index (χ4v) is 1.54. The van der Waals surface area contributed by atoms with Crippen LogP contribution in [0.5, 0.6) is 0 Å². The van der Waals surface area contributed by atoms with Gasteiger partial charge in [0, 0.05) is 22.7 Å². The van der Waals surface area contributed by atoms with E-state index in [0.717, 1.165) is 10.9 Å². The van der Waals surface area contributed by atoms with Crippen molar-refractivity contribution in [2.75, 3.05) is 7.11 Å². The van der Waals surface area contributed by atoms with Crippen LogP contribution in [-0.2, 0) is 9.63 Å². The van der Waals surface area contributed by atoms with E-state index < -0.39 is 11.7 Å². The molecule has 5 heteroatoms. The zero-order valence-electron chi connectivity index (χ0n) is 8.61. The minimum absolute atomic E-state index is 0.355. The summed E-state index contributed by atoms with van der Waals surface area (Å²) >= 11 is 0. The summed E-state index contributed by atoms with van der Waals surface area (Å²) in [7, 11) is 1.28. The number of carbonyl (C=O) groups excluding carboxylic acids is 2. The highest BCUT2D eigenvalue weighted by atomic mass is 16.6. The standard InChI is InChI=1S/C11H10N2O3/c1-16-13-11(15)10(14)8-3-2-4-9-7(8)5-6-12-9/h2-6,12H,1H3,(H,13,15). The lowest BCUT2D eigenvalue weighted by atomic mass is 10.1. The Morgan fingerprint density at radius 2 is 2.12 bits per heavy atom. The Bertz CT molecular complexity index is 545. The largest absolute Gasteiger partial charge is 0.361 e. The van der Waals surface area contributed by atoms with Gasteiger partial charge in [-0.15, -0.1) is 0 Å². The van der Waals surface area contributed by atoms with Crippen LogP contribution < -0.4 is 5.48 Å². The second-order valence-electron chi connectivity index (χ2n) is 3.21. The molecule has 2 N–H and O–H groups in total. The molecule has 1 aromatic heterocycles. The van der Waals surface area contributed by atoms with Gasteiger partial charge in [-0.05, 0) is 12.1 Å². The number of nitrogens with one attached hydrogen (secondary N) is 2. The van der Waals surface area contributed by atoms with Crippen LogP contribution in [0.15, 0.2) is 30.5 Å². The molecule has 0 saturated heterocycles. The first-order valence-electron chi connectivity index (χ1n) is 4.68. The van der Waals surface area contributed by atoms with E-state index in [-0.39, 0.29) is 0 Å². The summed E-state index contributed by atoms with van der Waals surface area (Å²) < 4.78 is 0. The normalized spacial score (nSPS) is 10.3. The number of aromatic nitrogens is 1. The molecular weight excluding hydrogens is 208 g/mol. The number of ketones is 1. The van der Waals surface area contributed by atoms with Crippen molar-refractivity contribution in [3.05, 3.63) is 36.0 Å². The van der Waals surface area contributed by atoms with E-state index in [1.165, 1.54) is 7.11 Å². The predicted molar refractivity (Wildman–Crippen MR) is 57.8 cm³/mol. The fraction of sp³-hybridized carbons (Fsp3) is 0.0909. The number of rotatable bonds is 3. The maximum absolute atomic E-state index is 11.7. The van der Waals surface area contributed by atoms with Crippen LogP contribution in [0.4, 0.5) is 0 Å². The highest BCUT2D eigenvalue weighted by Gasteiger charge is 2.18. The van der Waals surface area contributed by atoms with Crippen LogP contribution in [0, 0.1) is 0 Å². The van der Waals surface area contributed by atoms with Gasteiger partial charge in [-0.2, -0.15) is 0 Å². The molecule has 16 heavy (non-hydrogen) atoms. The van der Waals surface area contributed by atoms with Gasteiger partial charge < -0.3 is 4.98 Å². The monoisotopic (exact) mass is 218 g/mol. The Morgan fingerprint density at radius 1 is 1.31 bits per heavy atom. The molecule has 0 unspecified atom stereocenters. The summed E-state index contributed by atoms with van der Waals surface area (Å²) in [6, 6.07) is 6.91. The van der Waals surface area contributed by atoms with E-state index in [4.69, 9.17) is 0 Å². The maximum Gasteiger partial charge on any atom is 0.315 e. The van der Waals surface area contributed by atoms with Crippen molar-refractivity contribution in [1.82, 2.24) is 10.5 Å². The zero-order valence-corrected chi connectivity index (χ0v) is 8.61. The Labute approximate surface area is 91.4 Å². The fourth-order valence-electron chi connectivity index (χ4n) is 1.54. The first kappa shape index (κ1) is 10.4. The molecule has 0 aliphatic heterocycles. The van der Waals surface area contributed by atoms with Crippen LogP contribution in [0.1, 0.15) is 10.4 Å². The van der Waals surface area contributed by atoms with E-state index in [1.807, 2.05) is 11.5 Å². The van der Waals surface area contributed by atoms with E-state index in [1.54, 1.807) is 24.4 Å². The van der Waals surface area contributed by atoms with Gasteiger partial charge >= 0.3 is 5.91 Å². The lowest BCUT2D eigenvalue weighted by Gasteiger charge is -2.02. The van der Waals surface area contributed by atoms with E-state index in [0.29, 0.717) is 5.56 Å². The number of aromatic amines is 1. The van der Waals surface area contributed by atoms with E-state index in [2.05, 4.69) is 9.82 Å². The van der Waals surface area contributed by atoms with Crippen LogP contribution >= 0.6 is 0 Å². The lowest BCUT2D eigenvalue weighted by molar-refractivity contribution is -0.126. The molecular formula is C11H10N2O3. The Balaban J connectivity index is 2.43. The van der Waals surface area contributed by atoms with Crippen LogP contribution in [0.2, 0.25) is 0 Å². The first-order chi connectivity index (χ1) is 7.74. The van der Waals surface area contributed by atoms with Crippen molar-refractivity contribution in [2.45, 2.75) is 0 Å². The molecule has 1 amide bonds. The third-order valence-electron chi connectivity index (χ3n) is 2.24. The molecule has 0 radical (unpaired) electrons. The van der Waals surface area contributed by atoms with Crippen molar-refractivity contribution in [3.63, 3.8) is 0 Å². The SMILES string of the molecule is CONC(=O)C(=O)c1cccc2[nH]ccc12. The quantitative estimate of drug-likeness (QED) is 0.459. The highest BCUT2D eigenvalue weighted by Crippen LogP contribution is 2.17. The van der Waals surface area contributed by atoms with Gasteiger partial charge in [-0.25, -0.2) is 5.48 Å². The van der Waals surface area contributed by atoms with Crippen molar-refractivity contribution in [2.24, 2.45) is 0 Å². The van der Waals surface area contributed by atoms with Crippen LogP contribution in [0.25, 0.3) is 10.9 Å². The number of hydrogen-bond acceptors (Lipinski definition) is 3. The molecule has 0 saturated carbocycles. The Hall–Kier alpha value is -2.14. The van der Waals surface area contributed by atoms with Gasteiger partial charge in [0.15, 0.2) is 0 Å². The average molecular weight is 218 g/mol. The summed E-state index contributed by atoms with van der Waals surface area (Å²) in [4.78, 5) is 30.4. The maximum atomic E-state index is 11.7. The summed E-state index contributed by atoms with van der Waals surface area (Å²) in [5.74, 6) is -1.40. The number of hydrogen-bond donors (Lipinski definition) is 2. The lowest BCUT2D eigenvalue weighted by Crippen LogP contribution is -2.30. The topological polar surface area (TPSA) is 71.2 Å². The summed E-state index contributed by atoms with van der Waals surface area (Å²) in [6.45, 7) is 0. The van der Waals surface area contributed by atoms with Crippen molar-refractivity contribution >= 4 is 22.6 Å². The minimum atomic E-state index is -0.781. The molecule has 0 spiro atoms. The summed E-state index contributed by atoms with van der Waals surface area (Å²) in [5.41, 5.74) is 3.17. The number of Topliss-reactive ketones (excluding diaryl/α,β-unsaturated/α-hetero) is 1. The Morgan fingerprint density at radius 3 is 2.88 bits per heavy atom. The molecule has 0 aliphatic rings. The first-order valence-corrected chi connectivity index (χ1v) is 4.68. The zero-order chi connectivity index (χ0) is 11.5. The molecule has 0 fully saturated rings. The average Bonchev–Trinajstić information content (AvgIpc) is 2.76. The third kappa shape index (κ3) is 1.68. The van der Waals surface area contributed by atoms with Gasteiger partial charge in [-0.1, -0.05) is 12.1 Å². The number of carbonyl (C=O) groups is 2. The van der Waals surface area contributed by atoms with Gasteiger partial charge in [-0.3, -0.25) is 14.4 Å². The molecule has 82 valence electrons. The van der Waals surface area contributed by atoms with Crippen LogP contribution in [0.3, 0.4) is 0 Å². The molecule has 5 nitrogen and oxygen atoms in total. The van der Waals surface area contributed by atoms with Crippen LogP contribution in [-0.4, -0.2) is 23.8 Å². The van der Waals surface area contributed by atoms with Gasteiger partial charge in [0.25, 0.3) is 5.78 Å². The van der Waals surface area contributed by atoms with Gasteiger partial charge in [0.2, 0.25) is 0 Å². The minimum Gasteiger partial charge on any atom is -0.361 e. The van der Waals surface area contributed by atoms with Gasteiger partial charge in [0.1, 0.15) is 0 Å². The highest BCUT2D eigenvalue weighted by molar-refractivity contribution is 6.44. The number of hydroxylamine groups is 1. The van der Waals surface area contributed by atoms with E-state index in [9.17, 15) is 9.59 Å². The molecule has 1 heterocycles. The smallest absolute Gasteiger partial charge is 0.315 e. The molecule has 0 bridgehead atoms. The number of H-pyrrole nitrogens is 1. The summed E-state index contributed by atoms with van der Waals surface area (Å²) in [5, 5.41) is 0.721. The predicted octanol–water partition coefficient (Wildman–Crippen LogP) is 1.03.